The van der Waals surface area contributed by atoms with E-state index in [9.17, 15) is 9.59 Å². The molecule has 0 saturated heterocycles. The van der Waals surface area contributed by atoms with Crippen LogP contribution in [0.25, 0.3) is 16.6 Å². The van der Waals surface area contributed by atoms with Crippen LogP contribution in [0.2, 0.25) is 0 Å². The summed E-state index contributed by atoms with van der Waals surface area (Å²) in [4.78, 5) is 30.8. The minimum absolute atomic E-state index is 0.0823. The van der Waals surface area contributed by atoms with Crippen LogP contribution in [0.15, 0.2) is 76.7 Å². The molecule has 0 fully saturated rings. The van der Waals surface area contributed by atoms with Crippen molar-refractivity contribution in [3.05, 3.63) is 88.2 Å². The highest BCUT2D eigenvalue weighted by Gasteiger charge is 2.18. The Balaban J connectivity index is 1.51. The van der Waals surface area contributed by atoms with E-state index < -0.39 is 0 Å². The lowest BCUT2D eigenvalue weighted by atomic mass is 10.1. The predicted octanol–water partition coefficient (Wildman–Crippen LogP) is 4.40. The second-order valence-corrected chi connectivity index (χ2v) is 8.11. The number of rotatable bonds is 5. The van der Waals surface area contributed by atoms with E-state index in [4.69, 9.17) is 9.47 Å². The fraction of sp³-hybridized carbons (Fsp3) is 0.125. The van der Waals surface area contributed by atoms with Gasteiger partial charge in [-0.25, -0.2) is 4.98 Å². The van der Waals surface area contributed by atoms with E-state index in [0.717, 1.165) is 5.56 Å². The molecule has 0 bridgehead atoms. The van der Waals surface area contributed by atoms with Gasteiger partial charge in [0.1, 0.15) is 0 Å². The number of Topliss-reactive ketones (excluding diaryl/α,β-unsaturated/α-hetero) is 1. The van der Waals surface area contributed by atoms with Gasteiger partial charge in [-0.1, -0.05) is 41.6 Å². The number of hydrogen-bond donors (Lipinski definition) is 0. The molecule has 7 heteroatoms. The number of carbonyl (C=O) groups excluding carboxylic acids is 1. The molecule has 31 heavy (non-hydrogen) atoms. The van der Waals surface area contributed by atoms with Gasteiger partial charge in [-0.3, -0.25) is 14.2 Å². The summed E-state index contributed by atoms with van der Waals surface area (Å²) in [5.74, 6) is 1.25. The zero-order valence-corrected chi connectivity index (χ0v) is 17.5. The summed E-state index contributed by atoms with van der Waals surface area (Å²) in [5.41, 5.74) is 2.78. The highest BCUT2D eigenvalue weighted by Crippen LogP contribution is 2.33. The van der Waals surface area contributed by atoms with Crippen LogP contribution in [0.1, 0.15) is 15.9 Å². The molecule has 1 aliphatic rings. The largest absolute Gasteiger partial charge is 0.454 e. The van der Waals surface area contributed by atoms with E-state index >= 15 is 0 Å². The number of benzene rings is 3. The minimum Gasteiger partial charge on any atom is -0.454 e. The van der Waals surface area contributed by atoms with Crippen LogP contribution >= 0.6 is 11.8 Å². The second kappa shape index (κ2) is 7.92. The third-order valence-corrected chi connectivity index (χ3v) is 6.00. The van der Waals surface area contributed by atoms with Crippen molar-refractivity contribution in [2.75, 3.05) is 12.5 Å². The van der Waals surface area contributed by atoms with Crippen molar-refractivity contribution in [3.8, 4) is 17.2 Å². The lowest BCUT2D eigenvalue weighted by Gasteiger charge is -2.13. The Morgan fingerprint density at radius 2 is 1.81 bits per heavy atom. The normalized spacial score (nSPS) is 12.3. The number of aryl methyl sites for hydroxylation is 1. The van der Waals surface area contributed by atoms with Crippen LogP contribution in [0.3, 0.4) is 0 Å². The van der Waals surface area contributed by atoms with Gasteiger partial charge in [-0.2, -0.15) is 0 Å². The van der Waals surface area contributed by atoms with E-state index in [1.165, 1.54) is 11.8 Å². The molecule has 3 aromatic carbocycles. The number of hydrogen-bond acceptors (Lipinski definition) is 6. The number of ketones is 1. The van der Waals surface area contributed by atoms with Crippen LogP contribution in [-0.2, 0) is 0 Å². The number of ether oxygens (including phenoxy) is 2. The molecule has 0 amide bonds. The summed E-state index contributed by atoms with van der Waals surface area (Å²) in [6, 6.07) is 20.0. The highest BCUT2D eigenvalue weighted by atomic mass is 32.2. The van der Waals surface area contributed by atoms with Crippen LogP contribution in [0.4, 0.5) is 0 Å². The Bertz CT molecular complexity index is 1360. The Morgan fingerprint density at radius 3 is 2.65 bits per heavy atom. The summed E-state index contributed by atoms with van der Waals surface area (Å²) in [6.07, 6.45) is 0. The van der Waals surface area contributed by atoms with E-state index in [0.29, 0.717) is 38.8 Å². The maximum absolute atomic E-state index is 13.3. The van der Waals surface area contributed by atoms with Crippen molar-refractivity contribution in [2.24, 2.45) is 0 Å². The Kier molecular flexibility index (Phi) is 4.95. The summed E-state index contributed by atoms with van der Waals surface area (Å²) in [6.45, 7) is 2.15. The van der Waals surface area contributed by atoms with Gasteiger partial charge in [0.25, 0.3) is 5.56 Å². The molecule has 0 unspecified atom stereocenters. The standard InChI is InChI=1S/C24H18N2O4S/c1-15-6-9-17(10-7-15)26-23(28)18-4-2-3-5-19(18)25-24(26)31-13-20(27)16-8-11-21-22(12-16)30-14-29-21/h2-12H,13-14H2,1H3. The minimum atomic E-state index is -0.160. The Labute approximate surface area is 182 Å². The van der Waals surface area contributed by atoms with E-state index in [1.54, 1.807) is 34.9 Å². The molecule has 0 N–H and O–H groups in total. The molecule has 5 rings (SSSR count). The average molecular weight is 430 g/mol. The molecule has 4 aromatic rings. The van der Waals surface area contributed by atoms with Crippen LogP contribution in [0, 0.1) is 6.92 Å². The second-order valence-electron chi connectivity index (χ2n) is 7.17. The third kappa shape index (κ3) is 3.68. The fourth-order valence-electron chi connectivity index (χ4n) is 3.41. The van der Waals surface area contributed by atoms with Crippen molar-refractivity contribution < 1.29 is 14.3 Å². The van der Waals surface area contributed by atoms with Crippen molar-refractivity contribution >= 4 is 28.4 Å². The van der Waals surface area contributed by atoms with Crippen LogP contribution in [0.5, 0.6) is 11.5 Å². The molecule has 1 aromatic heterocycles. The third-order valence-electron chi connectivity index (χ3n) is 5.06. The first-order valence-corrected chi connectivity index (χ1v) is 10.7. The molecule has 0 spiro atoms. The van der Waals surface area contributed by atoms with Crippen molar-refractivity contribution in [1.82, 2.24) is 9.55 Å². The SMILES string of the molecule is Cc1ccc(-n2c(SCC(=O)c3ccc4c(c3)OCO4)nc3ccccc3c2=O)cc1. The highest BCUT2D eigenvalue weighted by molar-refractivity contribution is 7.99. The molecular formula is C24H18N2O4S. The number of aromatic nitrogens is 2. The molecule has 0 radical (unpaired) electrons. The molecular weight excluding hydrogens is 412 g/mol. The quantitative estimate of drug-likeness (QED) is 0.266. The van der Waals surface area contributed by atoms with Crippen molar-refractivity contribution in [3.63, 3.8) is 0 Å². The number of thioether (sulfide) groups is 1. The number of para-hydroxylation sites is 1. The summed E-state index contributed by atoms with van der Waals surface area (Å²) in [5, 5.41) is 1.01. The molecule has 0 aliphatic carbocycles. The first-order valence-electron chi connectivity index (χ1n) is 9.74. The van der Waals surface area contributed by atoms with Crippen LogP contribution < -0.4 is 15.0 Å². The average Bonchev–Trinajstić information content (AvgIpc) is 3.26. The van der Waals surface area contributed by atoms with E-state index in [-0.39, 0.29) is 23.9 Å². The van der Waals surface area contributed by atoms with Gasteiger partial charge >= 0.3 is 0 Å². The van der Waals surface area contributed by atoms with Gasteiger partial charge in [0.15, 0.2) is 22.4 Å². The maximum atomic E-state index is 13.3. The molecule has 6 nitrogen and oxygen atoms in total. The fourth-order valence-corrected chi connectivity index (χ4v) is 4.32. The van der Waals surface area contributed by atoms with E-state index in [1.807, 2.05) is 43.3 Å². The lowest BCUT2D eigenvalue weighted by Crippen LogP contribution is -2.22. The van der Waals surface area contributed by atoms with Gasteiger partial charge in [-0.15, -0.1) is 0 Å². The van der Waals surface area contributed by atoms with Crippen LogP contribution in [-0.4, -0.2) is 27.9 Å². The summed E-state index contributed by atoms with van der Waals surface area (Å²) in [7, 11) is 0. The monoisotopic (exact) mass is 430 g/mol. The maximum Gasteiger partial charge on any atom is 0.266 e. The number of fused-ring (bicyclic) bond motifs is 2. The van der Waals surface area contributed by atoms with E-state index in [2.05, 4.69) is 4.98 Å². The Morgan fingerprint density at radius 1 is 1.03 bits per heavy atom. The zero-order chi connectivity index (χ0) is 21.4. The summed E-state index contributed by atoms with van der Waals surface area (Å²) >= 11 is 1.24. The molecule has 2 heterocycles. The molecule has 0 atom stereocenters. The number of nitrogens with zero attached hydrogens (tertiary/aromatic N) is 2. The molecule has 154 valence electrons. The first kappa shape index (κ1) is 19.4. The smallest absolute Gasteiger partial charge is 0.266 e. The zero-order valence-electron chi connectivity index (χ0n) is 16.7. The van der Waals surface area contributed by atoms with Gasteiger partial charge in [0.05, 0.1) is 22.3 Å². The molecule has 0 saturated carbocycles. The topological polar surface area (TPSA) is 70.4 Å². The van der Waals surface area contributed by atoms with Gasteiger partial charge in [0.2, 0.25) is 6.79 Å². The van der Waals surface area contributed by atoms with Gasteiger partial charge in [0, 0.05) is 5.56 Å². The Hall–Kier alpha value is -3.58. The predicted molar refractivity (Wildman–Crippen MR) is 120 cm³/mol. The summed E-state index contributed by atoms with van der Waals surface area (Å²) < 4.78 is 12.2. The number of carbonyl (C=O) groups is 1. The first-order chi connectivity index (χ1) is 15.1. The molecule has 1 aliphatic heterocycles. The van der Waals surface area contributed by atoms with Crippen molar-refractivity contribution in [1.29, 1.82) is 0 Å². The van der Waals surface area contributed by atoms with Crippen molar-refractivity contribution in [2.45, 2.75) is 12.1 Å². The van der Waals surface area contributed by atoms with Gasteiger partial charge in [-0.05, 0) is 49.4 Å². The van der Waals surface area contributed by atoms with Gasteiger partial charge < -0.3 is 9.47 Å². The lowest BCUT2D eigenvalue weighted by molar-refractivity contribution is 0.102.